The second-order valence-electron chi connectivity index (χ2n) is 5.15. The van der Waals surface area contributed by atoms with Crippen molar-refractivity contribution in [3.05, 3.63) is 46.2 Å². The molecule has 0 aliphatic carbocycles. The number of aromatic nitrogens is 2. The van der Waals surface area contributed by atoms with E-state index in [1.54, 1.807) is 17.9 Å². The number of halogens is 1. The van der Waals surface area contributed by atoms with E-state index in [1.807, 2.05) is 31.6 Å². The SMILES string of the molecule is COc1ccc(Br)c(C(=O)NCCCNCc2cnn(C)c2)c1. The molecule has 1 aromatic heterocycles. The van der Waals surface area contributed by atoms with E-state index < -0.39 is 0 Å². The highest BCUT2D eigenvalue weighted by Crippen LogP contribution is 2.22. The van der Waals surface area contributed by atoms with E-state index in [1.165, 1.54) is 0 Å². The maximum atomic E-state index is 12.2. The van der Waals surface area contributed by atoms with Crippen molar-refractivity contribution in [2.45, 2.75) is 13.0 Å². The molecule has 0 saturated heterocycles. The molecule has 0 radical (unpaired) electrons. The molecule has 2 rings (SSSR count). The molecular formula is C16H21BrN4O2. The smallest absolute Gasteiger partial charge is 0.252 e. The van der Waals surface area contributed by atoms with Crippen LogP contribution in [0.2, 0.25) is 0 Å². The van der Waals surface area contributed by atoms with Gasteiger partial charge in [-0.05, 0) is 47.1 Å². The molecule has 0 spiro atoms. The molecule has 1 amide bonds. The average molecular weight is 381 g/mol. The van der Waals surface area contributed by atoms with Gasteiger partial charge in [-0.15, -0.1) is 0 Å². The lowest BCUT2D eigenvalue weighted by atomic mass is 10.2. The first-order valence-corrected chi connectivity index (χ1v) is 8.19. The zero-order chi connectivity index (χ0) is 16.7. The van der Waals surface area contributed by atoms with Crippen LogP contribution in [0.15, 0.2) is 35.1 Å². The molecule has 0 aliphatic rings. The van der Waals surface area contributed by atoms with Crippen LogP contribution in [-0.2, 0) is 13.6 Å². The number of amides is 1. The Morgan fingerprint density at radius 2 is 2.22 bits per heavy atom. The predicted octanol–water partition coefficient (Wildman–Crippen LogP) is 2.10. The van der Waals surface area contributed by atoms with E-state index in [0.717, 1.165) is 29.5 Å². The minimum absolute atomic E-state index is 0.108. The van der Waals surface area contributed by atoms with Crippen molar-refractivity contribution in [2.24, 2.45) is 7.05 Å². The van der Waals surface area contributed by atoms with Gasteiger partial charge < -0.3 is 15.4 Å². The van der Waals surface area contributed by atoms with Gasteiger partial charge in [0.2, 0.25) is 0 Å². The van der Waals surface area contributed by atoms with Crippen LogP contribution in [0, 0.1) is 0 Å². The number of aryl methyl sites for hydroxylation is 1. The van der Waals surface area contributed by atoms with Gasteiger partial charge in [0.1, 0.15) is 5.75 Å². The Labute approximate surface area is 144 Å². The maximum Gasteiger partial charge on any atom is 0.252 e. The fourth-order valence-corrected chi connectivity index (χ4v) is 2.54. The molecule has 0 fully saturated rings. The molecule has 2 aromatic rings. The van der Waals surface area contributed by atoms with E-state index in [2.05, 4.69) is 31.7 Å². The summed E-state index contributed by atoms with van der Waals surface area (Å²) in [4.78, 5) is 12.2. The van der Waals surface area contributed by atoms with Crippen LogP contribution in [0.5, 0.6) is 5.75 Å². The van der Waals surface area contributed by atoms with Crippen molar-refractivity contribution in [3.63, 3.8) is 0 Å². The van der Waals surface area contributed by atoms with Crippen molar-refractivity contribution < 1.29 is 9.53 Å². The molecule has 0 atom stereocenters. The van der Waals surface area contributed by atoms with Crippen LogP contribution in [0.4, 0.5) is 0 Å². The van der Waals surface area contributed by atoms with Crippen LogP contribution < -0.4 is 15.4 Å². The van der Waals surface area contributed by atoms with E-state index in [-0.39, 0.29) is 5.91 Å². The van der Waals surface area contributed by atoms with Crippen molar-refractivity contribution in [2.75, 3.05) is 20.2 Å². The first kappa shape index (κ1) is 17.5. The Bertz CT molecular complexity index is 657. The summed E-state index contributed by atoms with van der Waals surface area (Å²) in [6.45, 7) is 2.22. The Hall–Kier alpha value is -1.86. The molecule has 1 aromatic carbocycles. The summed E-state index contributed by atoms with van der Waals surface area (Å²) in [7, 11) is 3.48. The molecule has 6 nitrogen and oxygen atoms in total. The first-order valence-electron chi connectivity index (χ1n) is 7.40. The number of nitrogens with one attached hydrogen (secondary N) is 2. The number of methoxy groups -OCH3 is 1. The molecule has 0 aliphatic heterocycles. The molecule has 1 heterocycles. The average Bonchev–Trinajstić information content (AvgIpc) is 2.96. The van der Waals surface area contributed by atoms with Gasteiger partial charge in [0.25, 0.3) is 5.91 Å². The highest BCUT2D eigenvalue weighted by Gasteiger charge is 2.10. The van der Waals surface area contributed by atoms with Crippen molar-refractivity contribution in [3.8, 4) is 5.75 Å². The summed E-state index contributed by atoms with van der Waals surface area (Å²) in [5, 5.41) is 10.4. The molecule has 0 unspecified atom stereocenters. The number of hydrogen-bond donors (Lipinski definition) is 2. The summed E-state index contributed by atoms with van der Waals surface area (Å²) in [6.07, 6.45) is 4.68. The van der Waals surface area contributed by atoms with Crippen molar-refractivity contribution >= 4 is 21.8 Å². The van der Waals surface area contributed by atoms with Gasteiger partial charge in [-0.1, -0.05) is 0 Å². The van der Waals surface area contributed by atoms with E-state index in [0.29, 0.717) is 17.9 Å². The van der Waals surface area contributed by atoms with Crippen LogP contribution >= 0.6 is 15.9 Å². The Kier molecular flexibility index (Phi) is 6.61. The monoisotopic (exact) mass is 380 g/mol. The van der Waals surface area contributed by atoms with Crippen LogP contribution in [0.3, 0.4) is 0 Å². The van der Waals surface area contributed by atoms with Gasteiger partial charge in [0.05, 0.1) is 18.9 Å². The van der Waals surface area contributed by atoms with Crippen LogP contribution in [0.1, 0.15) is 22.3 Å². The van der Waals surface area contributed by atoms with Crippen LogP contribution in [0.25, 0.3) is 0 Å². The molecular weight excluding hydrogens is 360 g/mol. The van der Waals surface area contributed by atoms with Crippen molar-refractivity contribution in [1.29, 1.82) is 0 Å². The lowest BCUT2D eigenvalue weighted by Gasteiger charge is -2.09. The molecule has 23 heavy (non-hydrogen) atoms. The first-order chi connectivity index (χ1) is 11.1. The van der Waals surface area contributed by atoms with Gasteiger partial charge >= 0.3 is 0 Å². The number of carbonyl (C=O) groups is 1. The predicted molar refractivity (Wildman–Crippen MR) is 92.6 cm³/mol. The number of hydrogen-bond acceptors (Lipinski definition) is 4. The summed E-state index contributed by atoms with van der Waals surface area (Å²) in [5.74, 6) is 0.555. The molecule has 0 bridgehead atoms. The van der Waals surface area contributed by atoms with Crippen LogP contribution in [-0.4, -0.2) is 35.9 Å². The van der Waals surface area contributed by atoms with Gasteiger partial charge in [0, 0.05) is 36.4 Å². The zero-order valence-corrected chi connectivity index (χ0v) is 14.9. The van der Waals surface area contributed by atoms with Gasteiger partial charge in [-0.2, -0.15) is 5.10 Å². The number of ether oxygens (including phenoxy) is 1. The maximum absolute atomic E-state index is 12.2. The quantitative estimate of drug-likeness (QED) is 0.688. The molecule has 124 valence electrons. The fraction of sp³-hybridized carbons (Fsp3) is 0.375. The molecule has 7 heteroatoms. The summed E-state index contributed by atoms with van der Waals surface area (Å²) >= 11 is 3.39. The summed E-state index contributed by atoms with van der Waals surface area (Å²) in [6, 6.07) is 5.34. The van der Waals surface area contributed by atoms with E-state index in [9.17, 15) is 4.79 Å². The minimum atomic E-state index is -0.108. The molecule has 2 N–H and O–H groups in total. The van der Waals surface area contributed by atoms with Gasteiger partial charge in [-0.3, -0.25) is 9.48 Å². The third-order valence-corrected chi connectivity index (χ3v) is 4.01. The largest absolute Gasteiger partial charge is 0.497 e. The van der Waals surface area contributed by atoms with Gasteiger partial charge in [0.15, 0.2) is 0 Å². The zero-order valence-electron chi connectivity index (χ0n) is 13.3. The summed E-state index contributed by atoms with van der Waals surface area (Å²) < 4.78 is 7.68. The lowest BCUT2D eigenvalue weighted by Crippen LogP contribution is -2.27. The molecule has 0 saturated carbocycles. The highest BCUT2D eigenvalue weighted by molar-refractivity contribution is 9.10. The van der Waals surface area contributed by atoms with E-state index in [4.69, 9.17) is 4.74 Å². The Morgan fingerprint density at radius 3 is 2.91 bits per heavy atom. The number of benzene rings is 1. The third kappa shape index (κ3) is 5.37. The van der Waals surface area contributed by atoms with E-state index >= 15 is 0 Å². The Balaban J connectivity index is 1.68. The Morgan fingerprint density at radius 1 is 1.39 bits per heavy atom. The third-order valence-electron chi connectivity index (χ3n) is 3.32. The number of carbonyl (C=O) groups excluding carboxylic acids is 1. The topological polar surface area (TPSA) is 68.2 Å². The number of nitrogens with zero attached hydrogens (tertiary/aromatic N) is 2. The highest BCUT2D eigenvalue weighted by atomic mass is 79.9. The van der Waals surface area contributed by atoms with Gasteiger partial charge in [-0.25, -0.2) is 0 Å². The fourth-order valence-electron chi connectivity index (χ4n) is 2.11. The normalized spacial score (nSPS) is 10.6. The lowest BCUT2D eigenvalue weighted by molar-refractivity contribution is 0.0952. The van der Waals surface area contributed by atoms with Crippen molar-refractivity contribution in [1.82, 2.24) is 20.4 Å². The standard InChI is InChI=1S/C16H21BrN4O2/c1-21-11-12(10-20-21)9-18-6-3-7-19-16(22)14-8-13(23-2)4-5-15(14)17/h4-5,8,10-11,18H,3,6-7,9H2,1-2H3,(H,19,22). The minimum Gasteiger partial charge on any atom is -0.497 e. The summed E-state index contributed by atoms with van der Waals surface area (Å²) in [5.41, 5.74) is 1.73. The second kappa shape index (κ2) is 8.69. The second-order valence-corrected chi connectivity index (χ2v) is 6.01. The number of rotatable bonds is 8.